The van der Waals surface area contributed by atoms with Crippen molar-refractivity contribution in [3.8, 4) is 0 Å². The van der Waals surface area contributed by atoms with Crippen molar-refractivity contribution in [1.82, 2.24) is 0 Å². The van der Waals surface area contributed by atoms with Crippen molar-refractivity contribution in [2.24, 2.45) is 17.3 Å². The predicted octanol–water partition coefficient (Wildman–Crippen LogP) is 3.22. The maximum atomic E-state index is 6.12. The van der Waals surface area contributed by atoms with Crippen LogP contribution in [0.4, 0.5) is 0 Å². The molecule has 0 aromatic carbocycles. The summed E-state index contributed by atoms with van der Waals surface area (Å²) in [5, 5.41) is 0.270. The van der Waals surface area contributed by atoms with E-state index in [0.717, 1.165) is 12.3 Å². The lowest BCUT2D eigenvalue weighted by atomic mass is 9.47. The first-order chi connectivity index (χ1) is 5.03. The van der Waals surface area contributed by atoms with E-state index in [9.17, 15) is 0 Å². The van der Waals surface area contributed by atoms with Gasteiger partial charge in [0.15, 0.2) is 0 Å². The average molecular weight is 171 g/mol. The van der Waals surface area contributed by atoms with Gasteiger partial charge in [-0.25, -0.2) is 0 Å². The third-order valence-corrected chi connectivity index (χ3v) is 4.27. The minimum Gasteiger partial charge on any atom is -0.118 e. The van der Waals surface area contributed by atoms with Crippen molar-refractivity contribution in [3.05, 3.63) is 12.2 Å². The summed E-state index contributed by atoms with van der Waals surface area (Å²) in [6, 6.07) is 0. The summed E-state index contributed by atoms with van der Waals surface area (Å²) in [5.74, 6) is 1.57. The van der Waals surface area contributed by atoms with E-state index in [-0.39, 0.29) is 5.38 Å². The molecule has 0 nitrogen and oxygen atoms in total. The highest BCUT2D eigenvalue weighted by atomic mass is 35.5. The molecular formula is C10H15Cl. The van der Waals surface area contributed by atoms with Crippen LogP contribution in [0.5, 0.6) is 0 Å². The Morgan fingerprint density at radius 3 is 2.45 bits per heavy atom. The predicted molar refractivity (Wildman–Crippen MR) is 48.8 cm³/mol. The molecule has 3 aliphatic rings. The maximum absolute atomic E-state index is 6.12. The second-order valence-corrected chi connectivity index (χ2v) is 5.11. The van der Waals surface area contributed by atoms with Crippen LogP contribution in [-0.4, -0.2) is 5.38 Å². The van der Waals surface area contributed by atoms with Crippen LogP contribution in [0.3, 0.4) is 0 Å². The van der Waals surface area contributed by atoms with Crippen LogP contribution >= 0.6 is 11.6 Å². The van der Waals surface area contributed by atoms with Gasteiger partial charge in [0.25, 0.3) is 0 Å². The van der Waals surface area contributed by atoms with Crippen molar-refractivity contribution in [1.29, 1.82) is 0 Å². The Kier molecular flexibility index (Phi) is 1.42. The number of fused-ring (bicyclic) bond motifs is 2. The summed E-state index contributed by atoms with van der Waals surface area (Å²) in [5.41, 5.74) is 1.79. The van der Waals surface area contributed by atoms with E-state index in [4.69, 9.17) is 11.6 Å². The highest BCUT2D eigenvalue weighted by molar-refractivity contribution is 6.22. The second-order valence-electron chi connectivity index (χ2n) is 4.58. The molecule has 0 heterocycles. The fourth-order valence-electron chi connectivity index (χ4n) is 2.66. The lowest BCUT2D eigenvalue weighted by Gasteiger charge is -2.59. The van der Waals surface area contributed by atoms with Crippen LogP contribution in [0.2, 0.25) is 0 Å². The third-order valence-electron chi connectivity index (χ3n) is 3.81. The lowest BCUT2D eigenvalue weighted by Crippen LogP contribution is -2.52. The monoisotopic (exact) mass is 170 g/mol. The van der Waals surface area contributed by atoms with Gasteiger partial charge in [-0.2, -0.15) is 0 Å². The van der Waals surface area contributed by atoms with Gasteiger partial charge in [0.05, 0.1) is 5.38 Å². The minimum absolute atomic E-state index is 0.270. The van der Waals surface area contributed by atoms with Crippen molar-refractivity contribution < 1.29 is 0 Å². The van der Waals surface area contributed by atoms with E-state index < -0.39 is 0 Å². The maximum Gasteiger partial charge on any atom is 0.0548 e. The molecule has 0 aromatic rings. The summed E-state index contributed by atoms with van der Waals surface area (Å²) in [4.78, 5) is 0. The van der Waals surface area contributed by atoms with Crippen LogP contribution in [0.15, 0.2) is 12.2 Å². The first-order valence-electron chi connectivity index (χ1n) is 4.36. The Hall–Kier alpha value is 0.0300. The summed E-state index contributed by atoms with van der Waals surface area (Å²) >= 11 is 6.12. The number of halogens is 1. The summed E-state index contributed by atoms with van der Waals surface area (Å²) in [7, 11) is 0. The molecule has 0 spiro atoms. The molecule has 0 radical (unpaired) electrons. The summed E-state index contributed by atoms with van der Waals surface area (Å²) < 4.78 is 0. The number of hydrogen-bond donors (Lipinski definition) is 0. The molecule has 0 N–H and O–H groups in total. The molecule has 1 heteroatoms. The number of alkyl halides is 1. The molecule has 3 rings (SSSR count). The molecular weight excluding hydrogens is 156 g/mol. The second kappa shape index (κ2) is 2.04. The standard InChI is InChI=1S/C10H15Cl/c1-6-8-4-7(5-9(6)11)10(8,2)3/h7-9H,1,4-5H2,2-3H3/t7-,8+,9?/m1/s1. The quantitative estimate of drug-likeness (QED) is 0.387. The molecule has 3 aliphatic carbocycles. The molecule has 62 valence electrons. The van der Waals surface area contributed by atoms with E-state index in [1.165, 1.54) is 12.0 Å². The number of hydrogen-bond acceptors (Lipinski definition) is 0. The van der Waals surface area contributed by atoms with E-state index in [1.54, 1.807) is 0 Å². The van der Waals surface area contributed by atoms with Crippen LogP contribution in [0.1, 0.15) is 26.7 Å². The van der Waals surface area contributed by atoms with Gasteiger partial charge in [-0.1, -0.05) is 26.0 Å². The van der Waals surface area contributed by atoms with E-state index in [0.29, 0.717) is 11.3 Å². The largest absolute Gasteiger partial charge is 0.118 e. The lowest BCUT2D eigenvalue weighted by molar-refractivity contribution is -0.0257. The molecule has 0 aliphatic heterocycles. The van der Waals surface area contributed by atoms with Crippen molar-refractivity contribution in [2.45, 2.75) is 32.1 Å². The fraction of sp³-hybridized carbons (Fsp3) is 0.800. The zero-order valence-corrected chi connectivity index (χ0v) is 7.99. The zero-order chi connectivity index (χ0) is 8.22. The van der Waals surface area contributed by atoms with Crippen molar-refractivity contribution in [3.63, 3.8) is 0 Å². The molecule has 11 heavy (non-hydrogen) atoms. The fourth-order valence-corrected chi connectivity index (χ4v) is 3.03. The van der Waals surface area contributed by atoms with Crippen LogP contribution < -0.4 is 0 Å². The first-order valence-corrected chi connectivity index (χ1v) is 4.80. The number of allylic oxidation sites excluding steroid dienone is 1. The molecule has 0 saturated heterocycles. The molecule has 0 amide bonds. The van der Waals surface area contributed by atoms with Crippen LogP contribution in [-0.2, 0) is 0 Å². The average Bonchev–Trinajstić information content (AvgIpc) is 1.93. The molecule has 1 unspecified atom stereocenters. The van der Waals surface area contributed by atoms with Gasteiger partial charge in [-0.15, -0.1) is 11.6 Å². The SMILES string of the molecule is C=C1C(Cl)C[C@H]2C[C@@H]1C2(C)C. The normalized spacial score (nSPS) is 46.8. The van der Waals surface area contributed by atoms with Gasteiger partial charge >= 0.3 is 0 Å². The van der Waals surface area contributed by atoms with Crippen molar-refractivity contribution >= 4 is 11.6 Å². The van der Waals surface area contributed by atoms with Gasteiger partial charge in [0.1, 0.15) is 0 Å². The summed E-state index contributed by atoms with van der Waals surface area (Å²) in [6.45, 7) is 8.77. The Morgan fingerprint density at radius 1 is 1.45 bits per heavy atom. The smallest absolute Gasteiger partial charge is 0.0548 e. The van der Waals surface area contributed by atoms with Gasteiger partial charge in [0, 0.05) is 0 Å². The number of rotatable bonds is 0. The van der Waals surface area contributed by atoms with Gasteiger partial charge in [-0.3, -0.25) is 0 Å². The third kappa shape index (κ3) is 0.823. The summed E-state index contributed by atoms with van der Waals surface area (Å²) in [6.07, 6.45) is 2.50. The first kappa shape index (κ1) is 7.67. The Bertz CT molecular complexity index is 205. The minimum atomic E-state index is 0.270. The van der Waals surface area contributed by atoms with E-state index >= 15 is 0 Å². The van der Waals surface area contributed by atoms with Gasteiger partial charge in [-0.05, 0) is 30.1 Å². The van der Waals surface area contributed by atoms with Crippen molar-refractivity contribution in [2.75, 3.05) is 0 Å². The molecule has 3 fully saturated rings. The highest BCUT2D eigenvalue weighted by Gasteiger charge is 2.54. The Labute approximate surface area is 73.6 Å². The molecule has 3 saturated carbocycles. The molecule has 0 aromatic heterocycles. The van der Waals surface area contributed by atoms with E-state index in [1.807, 2.05) is 0 Å². The highest BCUT2D eigenvalue weighted by Crippen LogP contribution is 2.61. The Morgan fingerprint density at radius 2 is 2.09 bits per heavy atom. The molecule has 2 bridgehead atoms. The van der Waals surface area contributed by atoms with Crippen LogP contribution in [0.25, 0.3) is 0 Å². The van der Waals surface area contributed by atoms with Crippen LogP contribution in [0, 0.1) is 17.3 Å². The molecule has 3 atom stereocenters. The Balaban J connectivity index is 2.23. The van der Waals surface area contributed by atoms with E-state index in [2.05, 4.69) is 20.4 Å². The van der Waals surface area contributed by atoms with Gasteiger partial charge < -0.3 is 0 Å². The van der Waals surface area contributed by atoms with Gasteiger partial charge in [0.2, 0.25) is 0 Å². The topological polar surface area (TPSA) is 0 Å². The zero-order valence-electron chi connectivity index (χ0n) is 7.23.